The van der Waals surface area contributed by atoms with E-state index >= 15 is 0 Å². The van der Waals surface area contributed by atoms with E-state index in [4.69, 9.17) is 9.72 Å². The predicted octanol–water partition coefficient (Wildman–Crippen LogP) is 4.93. The van der Waals surface area contributed by atoms with Crippen molar-refractivity contribution in [3.63, 3.8) is 0 Å². The summed E-state index contributed by atoms with van der Waals surface area (Å²) in [5.74, 6) is 0.879. The highest BCUT2D eigenvalue weighted by molar-refractivity contribution is 6.05. The molecule has 1 aliphatic rings. The summed E-state index contributed by atoms with van der Waals surface area (Å²) in [5.41, 5.74) is 4.79. The van der Waals surface area contributed by atoms with Crippen LogP contribution < -0.4 is 10.2 Å². The van der Waals surface area contributed by atoms with E-state index in [1.807, 2.05) is 42.5 Å². The van der Waals surface area contributed by atoms with Crippen LogP contribution in [0.1, 0.15) is 42.3 Å². The van der Waals surface area contributed by atoms with E-state index in [0.29, 0.717) is 5.56 Å². The van der Waals surface area contributed by atoms with Gasteiger partial charge in [-0.3, -0.25) is 4.79 Å². The maximum atomic E-state index is 12.7. The van der Waals surface area contributed by atoms with Crippen LogP contribution in [0.4, 0.5) is 11.5 Å². The number of hydrogen-bond donors (Lipinski definition) is 1. The average Bonchev–Trinajstić information content (AvgIpc) is 2.74. The third-order valence-electron chi connectivity index (χ3n) is 5.61. The molecule has 0 bridgehead atoms. The summed E-state index contributed by atoms with van der Waals surface area (Å²) in [4.78, 5) is 19.8. The molecule has 1 amide bonds. The fraction of sp³-hybridized carbons (Fsp3) is 0.360. The normalized spacial score (nSPS) is 14.7. The topological polar surface area (TPSA) is 54.5 Å². The first-order valence-corrected chi connectivity index (χ1v) is 10.5. The molecule has 5 heteroatoms. The van der Waals surface area contributed by atoms with E-state index in [0.717, 1.165) is 54.3 Å². The second kappa shape index (κ2) is 8.07. The molecule has 1 saturated heterocycles. The first kappa shape index (κ1) is 20.4. The molecule has 0 atom stereocenters. The Morgan fingerprint density at radius 2 is 1.73 bits per heavy atom. The lowest BCUT2D eigenvalue weighted by atomic mass is 9.87. The van der Waals surface area contributed by atoms with E-state index in [1.165, 1.54) is 5.56 Å². The Bertz CT molecular complexity index is 1060. The molecule has 1 aliphatic heterocycles. The number of rotatable bonds is 3. The Morgan fingerprint density at radius 1 is 1.03 bits per heavy atom. The number of carbonyl (C=O) groups excluding carboxylic acids is 1. The molecule has 4 rings (SSSR count). The van der Waals surface area contributed by atoms with Gasteiger partial charge in [0.1, 0.15) is 5.82 Å². The van der Waals surface area contributed by atoms with Crippen LogP contribution in [0.5, 0.6) is 0 Å². The van der Waals surface area contributed by atoms with Crippen molar-refractivity contribution in [1.29, 1.82) is 0 Å². The molecule has 2 heterocycles. The van der Waals surface area contributed by atoms with Crippen LogP contribution in [0.3, 0.4) is 0 Å². The van der Waals surface area contributed by atoms with Gasteiger partial charge in [0.05, 0.1) is 18.7 Å². The SMILES string of the molecule is Cc1cc(N2CCOCC2)nc2ccc(NC(=O)c3ccc(C(C)(C)C)cc3)cc12. The number of anilines is 2. The molecule has 1 N–H and O–H groups in total. The predicted molar refractivity (Wildman–Crippen MR) is 123 cm³/mol. The highest BCUT2D eigenvalue weighted by Gasteiger charge is 2.16. The number of morpholine rings is 1. The molecule has 0 radical (unpaired) electrons. The van der Waals surface area contributed by atoms with Crippen molar-refractivity contribution in [2.45, 2.75) is 33.1 Å². The lowest BCUT2D eigenvalue weighted by molar-refractivity contribution is 0.102. The van der Waals surface area contributed by atoms with Crippen molar-refractivity contribution >= 4 is 28.3 Å². The van der Waals surface area contributed by atoms with Crippen LogP contribution >= 0.6 is 0 Å². The Labute approximate surface area is 178 Å². The summed E-state index contributed by atoms with van der Waals surface area (Å²) in [6.07, 6.45) is 0. The number of aryl methyl sites for hydroxylation is 1. The number of fused-ring (bicyclic) bond motifs is 1. The van der Waals surface area contributed by atoms with Crippen molar-refractivity contribution in [3.8, 4) is 0 Å². The Hall–Kier alpha value is -2.92. The quantitative estimate of drug-likeness (QED) is 0.674. The van der Waals surface area contributed by atoms with Crippen molar-refractivity contribution in [2.24, 2.45) is 0 Å². The summed E-state index contributed by atoms with van der Waals surface area (Å²) >= 11 is 0. The van der Waals surface area contributed by atoms with Crippen LogP contribution in [0.2, 0.25) is 0 Å². The average molecular weight is 404 g/mol. The minimum Gasteiger partial charge on any atom is -0.378 e. The number of aromatic nitrogens is 1. The molecule has 0 unspecified atom stereocenters. The standard InChI is InChI=1S/C25H29N3O2/c1-17-15-23(28-11-13-30-14-12-28)27-22-10-9-20(16-21(17)22)26-24(29)18-5-7-19(8-6-18)25(2,3)4/h5-10,15-16H,11-14H2,1-4H3,(H,26,29). The van der Waals surface area contributed by atoms with E-state index in [1.54, 1.807) is 0 Å². The Kier molecular flexibility index (Phi) is 5.48. The van der Waals surface area contributed by atoms with Gasteiger partial charge in [-0.2, -0.15) is 0 Å². The molecule has 5 nitrogen and oxygen atoms in total. The summed E-state index contributed by atoms with van der Waals surface area (Å²) in [6.45, 7) is 11.8. The van der Waals surface area contributed by atoms with E-state index in [-0.39, 0.29) is 11.3 Å². The summed E-state index contributed by atoms with van der Waals surface area (Å²) in [6, 6.07) is 15.8. The summed E-state index contributed by atoms with van der Waals surface area (Å²) < 4.78 is 5.44. The van der Waals surface area contributed by atoms with Gasteiger partial charge in [-0.25, -0.2) is 4.98 Å². The first-order chi connectivity index (χ1) is 14.3. The van der Waals surface area contributed by atoms with Crippen molar-refractivity contribution < 1.29 is 9.53 Å². The molecular formula is C25H29N3O2. The molecule has 0 aliphatic carbocycles. The Balaban J connectivity index is 1.54. The lowest BCUT2D eigenvalue weighted by Crippen LogP contribution is -2.36. The van der Waals surface area contributed by atoms with Gasteiger partial charge in [0.2, 0.25) is 0 Å². The molecule has 30 heavy (non-hydrogen) atoms. The van der Waals surface area contributed by atoms with Crippen molar-refractivity contribution in [3.05, 3.63) is 65.2 Å². The Morgan fingerprint density at radius 3 is 2.40 bits per heavy atom. The third kappa shape index (κ3) is 4.31. The van der Waals surface area contributed by atoms with Crippen LogP contribution in [0.25, 0.3) is 10.9 Å². The van der Waals surface area contributed by atoms with Gasteiger partial charge < -0.3 is 15.0 Å². The monoisotopic (exact) mass is 403 g/mol. The van der Waals surface area contributed by atoms with E-state index in [9.17, 15) is 4.79 Å². The molecule has 2 aromatic carbocycles. The van der Waals surface area contributed by atoms with Gasteiger partial charge in [-0.15, -0.1) is 0 Å². The second-order valence-corrected chi connectivity index (χ2v) is 8.91. The molecule has 1 aromatic heterocycles. The summed E-state index contributed by atoms with van der Waals surface area (Å²) in [5, 5.41) is 4.07. The number of nitrogens with one attached hydrogen (secondary N) is 1. The van der Waals surface area contributed by atoms with Crippen molar-refractivity contribution in [2.75, 3.05) is 36.5 Å². The second-order valence-electron chi connectivity index (χ2n) is 8.91. The number of ether oxygens (including phenoxy) is 1. The molecular weight excluding hydrogens is 374 g/mol. The van der Waals surface area contributed by atoms with Crippen LogP contribution in [-0.2, 0) is 10.2 Å². The zero-order valence-electron chi connectivity index (χ0n) is 18.2. The first-order valence-electron chi connectivity index (χ1n) is 10.5. The van der Waals surface area contributed by atoms with Gasteiger partial charge in [-0.1, -0.05) is 32.9 Å². The number of nitrogens with zero attached hydrogens (tertiary/aromatic N) is 2. The van der Waals surface area contributed by atoms with Gasteiger partial charge in [0.25, 0.3) is 5.91 Å². The van der Waals surface area contributed by atoms with Crippen LogP contribution in [0.15, 0.2) is 48.5 Å². The molecule has 1 fully saturated rings. The lowest BCUT2D eigenvalue weighted by Gasteiger charge is -2.28. The van der Waals surface area contributed by atoms with Gasteiger partial charge in [0, 0.05) is 29.7 Å². The number of amides is 1. The van der Waals surface area contributed by atoms with Gasteiger partial charge in [0.15, 0.2) is 0 Å². The third-order valence-corrected chi connectivity index (χ3v) is 5.61. The van der Waals surface area contributed by atoms with E-state index < -0.39 is 0 Å². The molecule has 3 aromatic rings. The van der Waals surface area contributed by atoms with Gasteiger partial charge in [-0.05, 0) is 59.9 Å². The molecule has 156 valence electrons. The fourth-order valence-electron chi connectivity index (χ4n) is 3.73. The fourth-order valence-corrected chi connectivity index (χ4v) is 3.73. The molecule has 0 saturated carbocycles. The smallest absolute Gasteiger partial charge is 0.255 e. The highest BCUT2D eigenvalue weighted by atomic mass is 16.5. The zero-order valence-corrected chi connectivity index (χ0v) is 18.2. The van der Waals surface area contributed by atoms with Crippen molar-refractivity contribution in [1.82, 2.24) is 4.98 Å². The summed E-state index contributed by atoms with van der Waals surface area (Å²) in [7, 11) is 0. The maximum absolute atomic E-state index is 12.7. The minimum absolute atomic E-state index is 0.0674. The maximum Gasteiger partial charge on any atom is 0.255 e. The highest BCUT2D eigenvalue weighted by Crippen LogP contribution is 2.26. The number of hydrogen-bond acceptors (Lipinski definition) is 4. The van der Waals surface area contributed by atoms with Crippen LogP contribution in [0, 0.1) is 6.92 Å². The number of pyridine rings is 1. The zero-order chi connectivity index (χ0) is 21.3. The van der Waals surface area contributed by atoms with Gasteiger partial charge >= 0.3 is 0 Å². The van der Waals surface area contributed by atoms with E-state index in [2.05, 4.69) is 44.0 Å². The molecule has 0 spiro atoms. The largest absolute Gasteiger partial charge is 0.378 e. The number of carbonyl (C=O) groups is 1. The minimum atomic E-state index is -0.106. The number of benzene rings is 2. The van der Waals surface area contributed by atoms with Crippen LogP contribution in [-0.4, -0.2) is 37.2 Å².